The maximum atomic E-state index is 12.7. The van der Waals surface area contributed by atoms with Crippen LogP contribution in [0.5, 0.6) is 0 Å². The van der Waals surface area contributed by atoms with E-state index in [4.69, 9.17) is 5.73 Å². The lowest BCUT2D eigenvalue weighted by atomic mass is 10.00. The molecule has 0 aliphatic rings. The smallest absolute Gasteiger partial charge is 0.123 e. The van der Waals surface area contributed by atoms with Crippen molar-refractivity contribution in [2.45, 2.75) is 25.3 Å². The Balaban J connectivity index is 1.80. The number of rotatable bonds is 5. The summed E-state index contributed by atoms with van der Waals surface area (Å²) in [5.74, 6) is -0.181. The van der Waals surface area contributed by atoms with Gasteiger partial charge >= 0.3 is 0 Å². The predicted octanol–water partition coefficient (Wildman–Crippen LogP) is 3.85. The third-order valence-electron chi connectivity index (χ3n) is 3.12. The van der Waals surface area contributed by atoms with Crippen LogP contribution in [0.1, 0.15) is 30.0 Å². The van der Waals surface area contributed by atoms with Gasteiger partial charge in [0.05, 0.1) is 0 Å². The summed E-state index contributed by atoms with van der Waals surface area (Å²) < 4.78 is 12.7. The fraction of sp³-hybridized carbons (Fsp3) is 0.250. The van der Waals surface area contributed by atoms with Gasteiger partial charge in [0.2, 0.25) is 0 Å². The van der Waals surface area contributed by atoms with Crippen LogP contribution < -0.4 is 5.73 Å². The predicted molar refractivity (Wildman–Crippen MR) is 72.7 cm³/mol. The van der Waals surface area contributed by atoms with E-state index < -0.39 is 0 Å². The van der Waals surface area contributed by atoms with Gasteiger partial charge in [-0.25, -0.2) is 4.39 Å². The standard InChI is InChI=1S/C16H18FN/c17-15-11-9-13(10-12-15)5-4-8-16(18)14-6-2-1-3-7-14/h1-3,6-7,9-12,16H,4-5,8,18H2. The summed E-state index contributed by atoms with van der Waals surface area (Å²) >= 11 is 0. The summed E-state index contributed by atoms with van der Waals surface area (Å²) in [4.78, 5) is 0. The van der Waals surface area contributed by atoms with Crippen LogP contribution >= 0.6 is 0 Å². The molecule has 0 spiro atoms. The molecule has 1 nitrogen and oxygen atoms in total. The first-order valence-electron chi connectivity index (χ1n) is 6.30. The molecule has 2 aromatic carbocycles. The summed E-state index contributed by atoms with van der Waals surface area (Å²) in [6.45, 7) is 0. The number of aryl methyl sites for hydroxylation is 1. The van der Waals surface area contributed by atoms with Gasteiger partial charge in [0.15, 0.2) is 0 Å². The normalized spacial score (nSPS) is 12.3. The molecule has 0 radical (unpaired) electrons. The van der Waals surface area contributed by atoms with Crippen LogP contribution in [0.3, 0.4) is 0 Å². The Morgan fingerprint density at radius 2 is 1.61 bits per heavy atom. The molecule has 2 heteroatoms. The van der Waals surface area contributed by atoms with Crippen molar-refractivity contribution in [2.75, 3.05) is 0 Å². The molecule has 0 heterocycles. The molecule has 94 valence electrons. The van der Waals surface area contributed by atoms with Crippen LogP contribution in [0.2, 0.25) is 0 Å². The van der Waals surface area contributed by atoms with Crippen LogP contribution in [0.4, 0.5) is 4.39 Å². The van der Waals surface area contributed by atoms with E-state index in [-0.39, 0.29) is 11.9 Å². The summed E-state index contributed by atoms with van der Waals surface area (Å²) in [7, 11) is 0. The average Bonchev–Trinajstić information content (AvgIpc) is 2.42. The fourth-order valence-electron chi connectivity index (χ4n) is 2.04. The van der Waals surface area contributed by atoms with E-state index in [2.05, 4.69) is 12.1 Å². The van der Waals surface area contributed by atoms with Crippen molar-refractivity contribution < 1.29 is 4.39 Å². The van der Waals surface area contributed by atoms with Gasteiger partial charge in [-0.3, -0.25) is 0 Å². The van der Waals surface area contributed by atoms with Gasteiger partial charge in [0, 0.05) is 6.04 Å². The molecule has 0 aromatic heterocycles. The minimum Gasteiger partial charge on any atom is -0.324 e. The van der Waals surface area contributed by atoms with Gasteiger partial charge in [-0.2, -0.15) is 0 Å². The van der Waals surface area contributed by atoms with E-state index in [1.807, 2.05) is 30.3 Å². The number of hydrogen-bond donors (Lipinski definition) is 1. The Labute approximate surface area is 107 Å². The highest BCUT2D eigenvalue weighted by molar-refractivity contribution is 5.19. The van der Waals surface area contributed by atoms with Gasteiger partial charge in [-0.1, -0.05) is 42.5 Å². The Kier molecular flexibility index (Phi) is 4.48. The Morgan fingerprint density at radius 3 is 2.28 bits per heavy atom. The molecule has 0 amide bonds. The van der Waals surface area contributed by atoms with Gasteiger partial charge in [0.1, 0.15) is 5.82 Å². The van der Waals surface area contributed by atoms with Gasteiger partial charge in [0.25, 0.3) is 0 Å². The first kappa shape index (κ1) is 12.8. The van der Waals surface area contributed by atoms with E-state index in [0.29, 0.717) is 0 Å². The third kappa shape index (κ3) is 3.67. The fourth-order valence-corrected chi connectivity index (χ4v) is 2.04. The SMILES string of the molecule is NC(CCCc1ccc(F)cc1)c1ccccc1. The third-order valence-corrected chi connectivity index (χ3v) is 3.12. The zero-order chi connectivity index (χ0) is 12.8. The quantitative estimate of drug-likeness (QED) is 0.848. The van der Waals surface area contributed by atoms with E-state index in [9.17, 15) is 4.39 Å². The molecule has 0 aliphatic carbocycles. The van der Waals surface area contributed by atoms with Crippen LogP contribution in [0.15, 0.2) is 54.6 Å². The average molecular weight is 243 g/mol. The van der Waals surface area contributed by atoms with Gasteiger partial charge < -0.3 is 5.73 Å². The maximum Gasteiger partial charge on any atom is 0.123 e. The second kappa shape index (κ2) is 6.31. The molecule has 18 heavy (non-hydrogen) atoms. The lowest BCUT2D eigenvalue weighted by Gasteiger charge is -2.11. The zero-order valence-corrected chi connectivity index (χ0v) is 10.4. The summed E-state index contributed by atoms with van der Waals surface area (Å²) in [6.07, 6.45) is 2.91. The molecule has 0 saturated heterocycles. The molecule has 2 rings (SSSR count). The Bertz CT molecular complexity index is 464. The lowest BCUT2D eigenvalue weighted by molar-refractivity contribution is 0.608. The second-order valence-electron chi connectivity index (χ2n) is 4.54. The van der Waals surface area contributed by atoms with Crippen LogP contribution in [0, 0.1) is 5.82 Å². The molecule has 1 unspecified atom stereocenters. The minimum atomic E-state index is -0.181. The molecule has 0 bridgehead atoms. The van der Waals surface area contributed by atoms with Crippen LogP contribution in [-0.4, -0.2) is 0 Å². The first-order chi connectivity index (χ1) is 8.75. The number of nitrogens with two attached hydrogens (primary N) is 1. The molecular weight excluding hydrogens is 225 g/mol. The number of benzene rings is 2. The summed E-state index contributed by atoms with van der Waals surface area (Å²) in [5.41, 5.74) is 8.46. The molecule has 1 atom stereocenters. The molecular formula is C16H18FN. The summed E-state index contributed by atoms with van der Waals surface area (Å²) in [5, 5.41) is 0. The molecule has 0 aliphatic heterocycles. The van der Waals surface area contributed by atoms with Gasteiger partial charge in [-0.05, 0) is 42.5 Å². The highest BCUT2D eigenvalue weighted by Crippen LogP contribution is 2.17. The van der Waals surface area contributed by atoms with E-state index in [0.717, 1.165) is 24.8 Å². The van der Waals surface area contributed by atoms with Crippen molar-refractivity contribution in [2.24, 2.45) is 5.73 Å². The monoisotopic (exact) mass is 243 g/mol. The molecule has 2 N–H and O–H groups in total. The zero-order valence-electron chi connectivity index (χ0n) is 10.4. The van der Waals surface area contributed by atoms with Crippen molar-refractivity contribution in [3.05, 3.63) is 71.5 Å². The summed E-state index contributed by atoms with van der Waals surface area (Å²) in [6, 6.07) is 16.9. The van der Waals surface area contributed by atoms with Crippen molar-refractivity contribution in [1.82, 2.24) is 0 Å². The topological polar surface area (TPSA) is 26.0 Å². The molecule has 0 fully saturated rings. The highest BCUT2D eigenvalue weighted by Gasteiger charge is 2.04. The van der Waals surface area contributed by atoms with E-state index >= 15 is 0 Å². The first-order valence-corrected chi connectivity index (χ1v) is 6.30. The minimum absolute atomic E-state index is 0.0895. The second-order valence-corrected chi connectivity index (χ2v) is 4.54. The number of hydrogen-bond acceptors (Lipinski definition) is 1. The lowest BCUT2D eigenvalue weighted by Crippen LogP contribution is -2.10. The Morgan fingerprint density at radius 1 is 0.944 bits per heavy atom. The van der Waals surface area contributed by atoms with Crippen molar-refractivity contribution in [3.8, 4) is 0 Å². The van der Waals surface area contributed by atoms with Crippen molar-refractivity contribution in [3.63, 3.8) is 0 Å². The van der Waals surface area contributed by atoms with Crippen molar-refractivity contribution >= 4 is 0 Å². The Hall–Kier alpha value is -1.67. The maximum absolute atomic E-state index is 12.7. The number of halogens is 1. The van der Waals surface area contributed by atoms with Crippen molar-refractivity contribution in [1.29, 1.82) is 0 Å². The van der Waals surface area contributed by atoms with E-state index in [1.54, 1.807) is 0 Å². The van der Waals surface area contributed by atoms with Crippen LogP contribution in [-0.2, 0) is 6.42 Å². The van der Waals surface area contributed by atoms with E-state index in [1.165, 1.54) is 17.7 Å². The molecule has 0 saturated carbocycles. The van der Waals surface area contributed by atoms with Crippen LogP contribution in [0.25, 0.3) is 0 Å². The highest BCUT2D eigenvalue weighted by atomic mass is 19.1. The molecule has 2 aromatic rings. The van der Waals surface area contributed by atoms with Gasteiger partial charge in [-0.15, -0.1) is 0 Å². The largest absolute Gasteiger partial charge is 0.324 e.